The molecular formula is C11H14N2S2. The van der Waals surface area contributed by atoms with E-state index in [0.29, 0.717) is 6.04 Å². The van der Waals surface area contributed by atoms with Crippen LogP contribution in [0.2, 0.25) is 0 Å². The predicted octanol–water partition coefficient (Wildman–Crippen LogP) is 4.16. The van der Waals surface area contributed by atoms with Crippen molar-refractivity contribution in [2.45, 2.75) is 25.8 Å². The van der Waals surface area contributed by atoms with Gasteiger partial charge in [-0.25, -0.2) is 4.98 Å². The van der Waals surface area contributed by atoms with Crippen LogP contribution in [0.25, 0.3) is 0 Å². The molecule has 0 bridgehead atoms. The van der Waals surface area contributed by atoms with Gasteiger partial charge in [0.05, 0.1) is 6.04 Å². The third-order valence-electron chi connectivity index (χ3n) is 2.19. The SMILES string of the molecule is CCCC(Nc1nccs1)c1cccs1. The molecule has 0 aliphatic heterocycles. The van der Waals surface area contributed by atoms with Gasteiger partial charge in [-0.2, -0.15) is 0 Å². The van der Waals surface area contributed by atoms with Gasteiger partial charge < -0.3 is 5.32 Å². The summed E-state index contributed by atoms with van der Waals surface area (Å²) in [5, 5.41) is 8.62. The first-order valence-electron chi connectivity index (χ1n) is 5.09. The minimum absolute atomic E-state index is 0.418. The van der Waals surface area contributed by atoms with Gasteiger partial charge in [0.1, 0.15) is 0 Å². The molecule has 0 saturated carbocycles. The van der Waals surface area contributed by atoms with Crippen molar-refractivity contribution in [2.75, 3.05) is 5.32 Å². The van der Waals surface area contributed by atoms with Gasteiger partial charge in [0.25, 0.3) is 0 Å². The molecule has 15 heavy (non-hydrogen) atoms. The van der Waals surface area contributed by atoms with Gasteiger partial charge >= 0.3 is 0 Å². The summed E-state index contributed by atoms with van der Waals surface area (Å²) < 4.78 is 0. The number of thiazole rings is 1. The Balaban J connectivity index is 2.07. The van der Waals surface area contributed by atoms with Crippen molar-refractivity contribution in [1.82, 2.24) is 4.98 Å². The van der Waals surface area contributed by atoms with E-state index in [-0.39, 0.29) is 0 Å². The molecule has 2 aromatic heterocycles. The van der Waals surface area contributed by atoms with Gasteiger partial charge in [-0.1, -0.05) is 19.4 Å². The topological polar surface area (TPSA) is 24.9 Å². The number of nitrogens with zero attached hydrogens (tertiary/aromatic N) is 1. The predicted molar refractivity (Wildman–Crippen MR) is 67.7 cm³/mol. The second kappa shape index (κ2) is 5.28. The molecule has 0 radical (unpaired) electrons. The van der Waals surface area contributed by atoms with E-state index in [1.165, 1.54) is 11.3 Å². The summed E-state index contributed by atoms with van der Waals surface area (Å²) in [6.07, 6.45) is 4.17. The molecule has 0 aliphatic rings. The summed E-state index contributed by atoms with van der Waals surface area (Å²) >= 11 is 3.46. The van der Waals surface area contributed by atoms with Crippen LogP contribution in [0.4, 0.5) is 5.13 Å². The smallest absolute Gasteiger partial charge is 0.183 e. The van der Waals surface area contributed by atoms with E-state index >= 15 is 0 Å². The van der Waals surface area contributed by atoms with Crippen molar-refractivity contribution >= 4 is 27.8 Å². The van der Waals surface area contributed by atoms with Gasteiger partial charge in [0, 0.05) is 16.5 Å². The van der Waals surface area contributed by atoms with E-state index < -0.39 is 0 Å². The number of aromatic nitrogens is 1. The highest BCUT2D eigenvalue weighted by Crippen LogP contribution is 2.27. The van der Waals surface area contributed by atoms with Crippen molar-refractivity contribution in [3.63, 3.8) is 0 Å². The van der Waals surface area contributed by atoms with Crippen LogP contribution in [-0.2, 0) is 0 Å². The molecule has 80 valence electrons. The van der Waals surface area contributed by atoms with E-state index in [0.717, 1.165) is 11.6 Å². The zero-order chi connectivity index (χ0) is 10.5. The van der Waals surface area contributed by atoms with Crippen LogP contribution in [0.1, 0.15) is 30.7 Å². The van der Waals surface area contributed by atoms with Crippen molar-refractivity contribution in [3.05, 3.63) is 34.0 Å². The zero-order valence-corrected chi connectivity index (χ0v) is 10.3. The summed E-state index contributed by atoms with van der Waals surface area (Å²) in [6, 6.07) is 4.71. The average Bonchev–Trinajstić information content (AvgIpc) is 2.89. The monoisotopic (exact) mass is 238 g/mol. The Hall–Kier alpha value is -0.870. The van der Waals surface area contributed by atoms with Crippen LogP contribution >= 0.6 is 22.7 Å². The molecule has 2 heterocycles. The number of nitrogens with one attached hydrogen (secondary N) is 1. The molecule has 0 saturated heterocycles. The van der Waals surface area contributed by atoms with Crippen LogP contribution in [0.15, 0.2) is 29.1 Å². The maximum absolute atomic E-state index is 4.26. The highest BCUT2D eigenvalue weighted by molar-refractivity contribution is 7.13. The van der Waals surface area contributed by atoms with Crippen molar-refractivity contribution in [3.8, 4) is 0 Å². The summed E-state index contributed by atoms with van der Waals surface area (Å²) in [5.41, 5.74) is 0. The van der Waals surface area contributed by atoms with Crippen molar-refractivity contribution in [1.29, 1.82) is 0 Å². The molecule has 1 N–H and O–H groups in total. The van der Waals surface area contributed by atoms with Gasteiger partial charge in [0.15, 0.2) is 5.13 Å². The van der Waals surface area contributed by atoms with Crippen LogP contribution < -0.4 is 5.32 Å². The quantitative estimate of drug-likeness (QED) is 0.846. The number of thiophene rings is 1. The van der Waals surface area contributed by atoms with E-state index in [2.05, 4.69) is 34.7 Å². The number of hydrogen-bond donors (Lipinski definition) is 1. The number of anilines is 1. The Morgan fingerprint density at radius 2 is 2.33 bits per heavy atom. The molecule has 2 nitrogen and oxygen atoms in total. The lowest BCUT2D eigenvalue weighted by Crippen LogP contribution is -2.08. The first-order chi connectivity index (χ1) is 7.40. The minimum atomic E-state index is 0.418. The average molecular weight is 238 g/mol. The Bertz CT molecular complexity index is 367. The highest BCUT2D eigenvalue weighted by atomic mass is 32.1. The van der Waals surface area contributed by atoms with Crippen molar-refractivity contribution < 1.29 is 0 Å². The normalized spacial score (nSPS) is 12.6. The van der Waals surface area contributed by atoms with E-state index in [4.69, 9.17) is 0 Å². The minimum Gasteiger partial charge on any atom is -0.354 e. The second-order valence-electron chi connectivity index (χ2n) is 3.34. The molecule has 0 amide bonds. The van der Waals surface area contributed by atoms with E-state index in [1.807, 2.05) is 22.9 Å². The fourth-order valence-electron chi connectivity index (χ4n) is 1.51. The lowest BCUT2D eigenvalue weighted by Gasteiger charge is -2.15. The first-order valence-corrected chi connectivity index (χ1v) is 6.85. The molecule has 0 spiro atoms. The largest absolute Gasteiger partial charge is 0.354 e. The fraction of sp³-hybridized carbons (Fsp3) is 0.364. The Morgan fingerprint density at radius 1 is 1.40 bits per heavy atom. The van der Waals surface area contributed by atoms with Crippen LogP contribution in [-0.4, -0.2) is 4.98 Å². The van der Waals surface area contributed by atoms with Crippen LogP contribution in [0.5, 0.6) is 0 Å². The van der Waals surface area contributed by atoms with E-state index in [9.17, 15) is 0 Å². The fourth-order valence-corrected chi connectivity index (χ4v) is 2.90. The standard InChI is InChI=1S/C11H14N2S2/c1-2-4-9(10-5-3-7-14-10)13-11-12-6-8-15-11/h3,5-9H,2,4H2,1H3,(H,12,13). The van der Waals surface area contributed by atoms with Gasteiger partial charge in [-0.15, -0.1) is 22.7 Å². The molecule has 1 unspecified atom stereocenters. The van der Waals surface area contributed by atoms with Crippen molar-refractivity contribution in [2.24, 2.45) is 0 Å². The molecule has 2 rings (SSSR count). The Morgan fingerprint density at radius 3 is 2.93 bits per heavy atom. The highest BCUT2D eigenvalue weighted by Gasteiger charge is 2.11. The molecule has 0 aromatic carbocycles. The molecule has 2 aromatic rings. The summed E-state index contributed by atoms with van der Waals surface area (Å²) in [7, 11) is 0. The van der Waals surface area contributed by atoms with Crippen LogP contribution in [0, 0.1) is 0 Å². The maximum atomic E-state index is 4.26. The lowest BCUT2D eigenvalue weighted by atomic mass is 10.1. The summed E-state index contributed by atoms with van der Waals surface area (Å²) in [6.45, 7) is 2.21. The lowest BCUT2D eigenvalue weighted by molar-refractivity contribution is 0.687. The summed E-state index contributed by atoms with van der Waals surface area (Å²) in [5.74, 6) is 0. The molecule has 4 heteroatoms. The Labute approximate surface area is 98.0 Å². The maximum Gasteiger partial charge on any atom is 0.183 e. The van der Waals surface area contributed by atoms with Crippen LogP contribution in [0.3, 0.4) is 0 Å². The number of hydrogen-bond acceptors (Lipinski definition) is 4. The van der Waals surface area contributed by atoms with E-state index in [1.54, 1.807) is 11.3 Å². The second-order valence-corrected chi connectivity index (χ2v) is 5.21. The zero-order valence-electron chi connectivity index (χ0n) is 8.64. The molecule has 0 fully saturated rings. The molecule has 1 atom stereocenters. The third kappa shape index (κ3) is 2.79. The van der Waals surface area contributed by atoms with Gasteiger partial charge in [0.2, 0.25) is 0 Å². The molecule has 0 aliphatic carbocycles. The first kappa shape index (κ1) is 10.6. The van der Waals surface area contributed by atoms with Gasteiger partial charge in [-0.3, -0.25) is 0 Å². The molecular weight excluding hydrogens is 224 g/mol. The third-order valence-corrected chi connectivity index (χ3v) is 3.88. The Kier molecular flexibility index (Phi) is 3.75. The van der Waals surface area contributed by atoms with Gasteiger partial charge in [-0.05, 0) is 17.9 Å². The number of rotatable bonds is 5. The summed E-state index contributed by atoms with van der Waals surface area (Å²) in [4.78, 5) is 5.66.